The number of benzene rings is 2. The number of para-hydroxylation sites is 1. The van der Waals surface area contributed by atoms with Crippen LogP contribution in [0.2, 0.25) is 5.02 Å². The highest BCUT2D eigenvalue weighted by molar-refractivity contribution is 7.12. The summed E-state index contributed by atoms with van der Waals surface area (Å²) in [7, 11) is 0. The van der Waals surface area contributed by atoms with Gasteiger partial charge in [0.2, 0.25) is 0 Å². The molecule has 0 radical (unpaired) electrons. The molecule has 0 saturated carbocycles. The zero-order valence-electron chi connectivity index (χ0n) is 12.2. The molecule has 1 amide bonds. The number of anilines is 1. The number of nitrogens with one attached hydrogen (secondary N) is 1. The molecule has 1 heterocycles. The fourth-order valence-electron chi connectivity index (χ4n) is 1.98. The molecule has 0 atom stereocenters. The lowest BCUT2D eigenvalue weighted by atomic mass is 10.3. The number of amides is 1. The molecule has 0 aliphatic heterocycles. The van der Waals surface area contributed by atoms with Gasteiger partial charge in [0.05, 0.1) is 4.88 Å². The van der Waals surface area contributed by atoms with Crippen LogP contribution in [0.1, 0.15) is 15.2 Å². The average molecular weight is 344 g/mol. The first-order valence-corrected chi connectivity index (χ1v) is 8.28. The third kappa shape index (κ3) is 4.34. The molecule has 2 aromatic carbocycles. The second kappa shape index (κ2) is 7.31. The first-order chi connectivity index (χ1) is 11.2. The minimum absolute atomic E-state index is 0.112. The third-order valence-corrected chi connectivity index (χ3v) is 4.36. The van der Waals surface area contributed by atoms with Gasteiger partial charge < -0.3 is 10.1 Å². The van der Waals surface area contributed by atoms with Crippen molar-refractivity contribution in [3.05, 3.63) is 81.5 Å². The molecule has 0 bridgehead atoms. The van der Waals surface area contributed by atoms with E-state index in [0.717, 1.165) is 17.0 Å². The normalized spacial score (nSPS) is 10.3. The Morgan fingerprint density at radius 3 is 2.57 bits per heavy atom. The quantitative estimate of drug-likeness (QED) is 0.688. The lowest BCUT2D eigenvalue weighted by Gasteiger charge is -2.04. The van der Waals surface area contributed by atoms with Crippen molar-refractivity contribution in [1.82, 2.24) is 0 Å². The van der Waals surface area contributed by atoms with Gasteiger partial charge in [-0.1, -0.05) is 29.8 Å². The van der Waals surface area contributed by atoms with Crippen molar-refractivity contribution in [2.24, 2.45) is 0 Å². The average Bonchev–Trinajstić information content (AvgIpc) is 3.04. The smallest absolute Gasteiger partial charge is 0.265 e. The van der Waals surface area contributed by atoms with Crippen molar-refractivity contribution in [2.45, 2.75) is 6.61 Å². The molecule has 0 fully saturated rings. The van der Waals surface area contributed by atoms with Gasteiger partial charge in [-0.25, -0.2) is 0 Å². The minimum Gasteiger partial charge on any atom is -0.489 e. The fraction of sp³-hybridized carbons (Fsp3) is 0.0556. The minimum atomic E-state index is -0.112. The molecule has 116 valence electrons. The summed E-state index contributed by atoms with van der Waals surface area (Å²) in [6.45, 7) is 0.413. The molecular weight excluding hydrogens is 330 g/mol. The second-order valence-corrected chi connectivity index (χ2v) is 6.23. The van der Waals surface area contributed by atoms with Crippen molar-refractivity contribution in [3.8, 4) is 5.75 Å². The highest BCUT2D eigenvalue weighted by Gasteiger charge is 2.09. The van der Waals surface area contributed by atoms with Crippen molar-refractivity contribution in [3.63, 3.8) is 0 Å². The van der Waals surface area contributed by atoms with E-state index in [4.69, 9.17) is 16.3 Å². The monoisotopic (exact) mass is 343 g/mol. The Labute approximate surface area is 143 Å². The first-order valence-electron chi connectivity index (χ1n) is 7.03. The van der Waals surface area contributed by atoms with Crippen LogP contribution in [0.3, 0.4) is 0 Å². The first kappa shape index (κ1) is 15.6. The van der Waals surface area contributed by atoms with Crippen LogP contribution in [0.4, 0.5) is 5.69 Å². The zero-order chi connectivity index (χ0) is 16.1. The van der Waals surface area contributed by atoms with Crippen LogP contribution in [-0.2, 0) is 6.61 Å². The number of hydrogen-bond acceptors (Lipinski definition) is 3. The molecule has 0 spiro atoms. The van der Waals surface area contributed by atoms with E-state index in [9.17, 15) is 4.79 Å². The van der Waals surface area contributed by atoms with Gasteiger partial charge in [0.15, 0.2) is 0 Å². The molecule has 1 aromatic heterocycles. The van der Waals surface area contributed by atoms with Crippen LogP contribution in [0.15, 0.2) is 66.0 Å². The maximum atomic E-state index is 12.2. The van der Waals surface area contributed by atoms with Gasteiger partial charge in [0, 0.05) is 16.3 Å². The lowest BCUT2D eigenvalue weighted by molar-refractivity contribution is 0.103. The zero-order valence-corrected chi connectivity index (χ0v) is 13.7. The molecule has 0 aliphatic rings. The topological polar surface area (TPSA) is 38.3 Å². The third-order valence-electron chi connectivity index (χ3n) is 3.13. The summed E-state index contributed by atoms with van der Waals surface area (Å²) < 4.78 is 5.67. The Balaban J connectivity index is 1.59. The number of halogens is 1. The summed E-state index contributed by atoms with van der Waals surface area (Å²) in [6, 6.07) is 18.4. The number of rotatable bonds is 5. The predicted octanol–water partition coefficient (Wildman–Crippen LogP) is 5.23. The van der Waals surface area contributed by atoms with Gasteiger partial charge >= 0.3 is 0 Å². The number of thiophene rings is 1. The van der Waals surface area contributed by atoms with Gasteiger partial charge in [-0.3, -0.25) is 4.79 Å². The van der Waals surface area contributed by atoms with Gasteiger partial charge in [0.1, 0.15) is 12.4 Å². The summed E-state index contributed by atoms with van der Waals surface area (Å²) in [5.41, 5.74) is 1.74. The molecular formula is C18H14ClNO2S. The molecule has 0 unspecified atom stereocenters. The molecule has 0 aliphatic carbocycles. The molecule has 23 heavy (non-hydrogen) atoms. The van der Waals surface area contributed by atoms with Crippen molar-refractivity contribution in [1.29, 1.82) is 0 Å². The van der Waals surface area contributed by atoms with Crippen molar-refractivity contribution in [2.75, 3.05) is 5.32 Å². The van der Waals surface area contributed by atoms with Gasteiger partial charge in [-0.15, -0.1) is 11.3 Å². The van der Waals surface area contributed by atoms with Crippen LogP contribution in [0.5, 0.6) is 5.75 Å². The van der Waals surface area contributed by atoms with Crippen LogP contribution in [0, 0.1) is 0 Å². The van der Waals surface area contributed by atoms with E-state index in [1.54, 1.807) is 12.1 Å². The lowest BCUT2D eigenvalue weighted by Crippen LogP contribution is -2.09. The molecule has 3 rings (SSSR count). The summed E-state index contributed by atoms with van der Waals surface area (Å²) in [5, 5.41) is 5.47. The Hall–Kier alpha value is -2.30. The number of carbonyl (C=O) groups excluding carboxylic acids is 1. The Kier molecular flexibility index (Phi) is 4.95. The molecule has 3 nitrogen and oxygen atoms in total. The Morgan fingerprint density at radius 2 is 1.83 bits per heavy atom. The molecule has 1 N–H and O–H groups in total. The summed E-state index contributed by atoms with van der Waals surface area (Å²) >= 11 is 7.24. The largest absolute Gasteiger partial charge is 0.489 e. The van der Waals surface area contributed by atoms with E-state index in [1.165, 1.54) is 11.3 Å². The van der Waals surface area contributed by atoms with Gasteiger partial charge in [-0.2, -0.15) is 0 Å². The summed E-state index contributed by atoms with van der Waals surface area (Å²) in [6.07, 6.45) is 0. The Bertz CT molecular complexity index is 784. The van der Waals surface area contributed by atoms with Crippen molar-refractivity contribution < 1.29 is 9.53 Å². The summed E-state index contributed by atoms with van der Waals surface area (Å²) in [5.74, 6) is 0.634. The maximum absolute atomic E-state index is 12.2. The van der Waals surface area contributed by atoms with Crippen LogP contribution in [0.25, 0.3) is 0 Å². The molecule has 5 heteroatoms. The highest BCUT2D eigenvalue weighted by Crippen LogP contribution is 2.20. The van der Waals surface area contributed by atoms with E-state index < -0.39 is 0 Å². The Morgan fingerprint density at radius 1 is 1.09 bits per heavy atom. The predicted molar refractivity (Wildman–Crippen MR) is 94.5 cm³/mol. The second-order valence-electron chi connectivity index (χ2n) is 4.88. The van der Waals surface area contributed by atoms with Crippen LogP contribution >= 0.6 is 22.9 Å². The standard InChI is InChI=1S/C18H14ClNO2S/c19-14-6-8-16(9-7-14)22-11-13-10-17(23-12-13)18(21)20-15-4-2-1-3-5-15/h1-10,12H,11H2,(H,20,21). The fourth-order valence-corrected chi connectivity index (χ4v) is 2.90. The van der Waals surface area contributed by atoms with Crippen molar-refractivity contribution >= 4 is 34.5 Å². The van der Waals surface area contributed by atoms with Gasteiger partial charge in [0.25, 0.3) is 5.91 Å². The number of ether oxygens (including phenoxy) is 1. The van der Waals surface area contributed by atoms with Crippen LogP contribution in [-0.4, -0.2) is 5.91 Å². The molecule has 3 aromatic rings. The number of carbonyl (C=O) groups is 1. The van der Waals surface area contributed by atoms with E-state index in [2.05, 4.69) is 5.32 Å². The SMILES string of the molecule is O=C(Nc1ccccc1)c1cc(COc2ccc(Cl)cc2)cs1. The van der Waals surface area contributed by atoms with Gasteiger partial charge in [-0.05, 0) is 47.8 Å². The summed E-state index contributed by atoms with van der Waals surface area (Å²) in [4.78, 5) is 12.8. The molecule has 0 saturated heterocycles. The van der Waals surface area contributed by atoms with E-state index >= 15 is 0 Å². The highest BCUT2D eigenvalue weighted by atomic mass is 35.5. The van der Waals surface area contributed by atoms with E-state index in [0.29, 0.717) is 16.5 Å². The number of hydrogen-bond donors (Lipinski definition) is 1. The van der Waals surface area contributed by atoms with E-state index in [1.807, 2.05) is 53.9 Å². The van der Waals surface area contributed by atoms with Crippen LogP contribution < -0.4 is 10.1 Å². The van der Waals surface area contributed by atoms with E-state index in [-0.39, 0.29) is 5.91 Å². The maximum Gasteiger partial charge on any atom is 0.265 e.